The van der Waals surface area contributed by atoms with Crippen LogP contribution in [-0.2, 0) is 4.79 Å². The lowest BCUT2D eigenvalue weighted by molar-refractivity contribution is -0.131. The summed E-state index contributed by atoms with van der Waals surface area (Å²) in [7, 11) is 0. The predicted molar refractivity (Wildman–Crippen MR) is 127 cm³/mol. The number of carboxylic acids is 1. The SMILES string of the molecule is CCCCCCCCCCCCCCCCOc1ccc(/C=C\C(=O)O)cc1Br. The number of halogens is 1. The number of aliphatic carboxylic acids is 1. The zero-order chi connectivity index (χ0) is 21.2. The summed E-state index contributed by atoms with van der Waals surface area (Å²) in [5.74, 6) is -0.133. The number of unbranched alkanes of at least 4 members (excludes halogenated alkanes) is 13. The Morgan fingerprint density at radius 3 is 1.90 bits per heavy atom. The first-order valence-electron chi connectivity index (χ1n) is 11.5. The highest BCUT2D eigenvalue weighted by Gasteiger charge is 2.02. The maximum Gasteiger partial charge on any atom is 0.328 e. The Labute approximate surface area is 186 Å². The minimum absolute atomic E-state index is 0.723. The van der Waals surface area contributed by atoms with E-state index in [4.69, 9.17) is 9.84 Å². The molecule has 0 bridgehead atoms. The Morgan fingerprint density at radius 1 is 0.897 bits per heavy atom. The van der Waals surface area contributed by atoms with Crippen molar-refractivity contribution in [1.82, 2.24) is 0 Å². The summed E-state index contributed by atoms with van der Waals surface area (Å²) in [5, 5.41) is 8.68. The van der Waals surface area contributed by atoms with Crippen molar-refractivity contribution in [3.63, 3.8) is 0 Å². The Morgan fingerprint density at radius 2 is 1.41 bits per heavy atom. The Bertz CT molecular complexity index is 583. The van der Waals surface area contributed by atoms with Crippen molar-refractivity contribution in [2.75, 3.05) is 6.61 Å². The van der Waals surface area contributed by atoms with Gasteiger partial charge in [0.2, 0.25) is 0 Å². The first-order valence-corrected chi connectivity index (χ1v) is 12.3. The molecule has 1 rings (SSSR count). The number of hydrogen-bond acceptors (Lipinski definition) is 2. The van der Waals surface area contributed by atoms with Crippen LogP contribution >= 0.6 is 15.9 Å². The van der Waals surface area contributed by atoms with E-state index in [0.29, 0.717) is 0 Å². The van der Waals surface area contributed by atoms with E-state index in [1.807, 2.05) is 18.2 Å². The minimum Gasteiger partial charge on any atom is -0.492 e. The fourth-order valence-corrected chi connectivity index (χ4v) is 3.90. The second-order valence-electron chi connectivity index (χ2n) is 7.81. The highest BCUT2D eigenvalue weighted by molar-refractivity contribution is 9.10. The molecule has 0 saturated heterocycles. The van der Waals surface area contributed by atoms with Crippen molar-refractivity contribution < 1.29 is 14.6 Å². The van der Waals surface area contributed by atoms with Gasteiger partial charge in [0.1, 0.15) is 5.75 Å². The normalized spacial score (nSPS) is 11.2. The molecule has 0 fully saturated rings. The molecule has 3 nitrogen and oxygen atoms in total. The molecule has 1 aromatic rings. The van der Waals surface area contributed by atoms with Crippen LogP contribution in [0.1, 0.15) is 102 Å². The highest BCUT2D eigenvalue weighted by Crippen LogP contribution is 2.27. The van der Waals surface area contributed by atoms with Crippen LogP contribution in [-0.4, -0.2) is 17.7 Å². The topological polar surface area (TPSA) is 46.5 Å². The molecule has 0 heterocycles. The highest BCUT2D eigenvalue weighted by atomic mass is 79.9. The van der Waals surface area contributed by atoms with Crippen molar-refractivity contribution in [2.45, 2.75) is 96.8 Å². The van der Waals surface area contributed by atoms with Gasteiger partial charge in [-0.15, -0.1) is 0 Å². The smallest absolute Gasteiger partial charge is 0.328 e. The molecule has 0 radical (unpaired) electrons. The molecule has 29 heavy (non-hydrogen) atoms. The predicted octanol–water partition coefficient (Wildman–Crippen LogP) is 8.41. The van der Waals surface area contributed by atoms with E-state index in [9.17, 15) is 4.79 Å². The quantitative estimate of drug-likeness (QED) is 0.174. The number of benzene rings is 1. The standard InChI is InChI=1S/C25H39BrO3/c1-2-3-4-5-6-7-8-9-10-11-12-13-14-15-20-29-24-18-16-22(21-23(24)26)17-19-25(27)28/h16-19,21H,2-15,20H2,1H3,(H,27,28)/b19-17-. The van der Waals surface area contributed by atoms with Gasteiger partial charge in [-0.2, -0.15) is 0 Å². The number of rotatable bonds is 18. The summed E-state index contributed by atoms with van der Waals surface area (Å²) in [6.45, 7) is 3.00. The van der Waals surface area contributed by atoms with Gasteiger partial charge in [-0.05, 0) is 46.1 Å². The third kappa shape index (κ3) is 14.4. The summed E-state index contributed by atoms with van der Waals surface area (Å²) in [4.78, 5) is 10.6. The molecular formula is C25H39BrO3. The lowest BCUT2D eigenvalue weighted by Crippen LogP contribution is -1.98. The van der Waals surface area contributed by atoms with Crippen molar-refractivity contribution in [2.24, 2.45) is 0 Å². The molecule has 0 aromatic heterocycles. The zero-order valence-corrected chi connectivity index (χ0v) is 19.7. The average molecular weight is 467 g/mol. The lowest BCUT2D eigenvalue weighted by Gasteiger charge is -2.09. The summed E-state index contributed by atoms with van der Waals surface area (Å²) in [5.41, 5.74) is 0.836. The van der Waals surface area contributed by atoms with E-state index in [2.05, 4.69) is 22.9 Å². The monoisotopic (exact) mass is 466 g/mol. The first kappa shape index (κ1) is 25.7. The van der Waals surface area contributed by atoms with E-state index < -0.39 is 5.97 Å². The number of hydrogen-bond donors (Lipinski definition) is 1. The molecule has 0 aliphatic rings. The van der Waals surface area contributed by atoms with Crippen LogP contribution in [0.2, 0.25) is 0 Å². The van der Waals surface area contributed by atoms with Crippen LogP contribution in [0, 0.1) is 0 Å². The van der Waals surface area contributed by atoms with Crippen molar-refractivity contribution >= 4 is 28.0 Å². The summed E-state index contributed by atoms with van der Waals surface area (Å²) >= 11 is 3.49. The average Bonchev–Trinajstić information content (AvgIpc) is 2.70. The van der Waals surface area contributed by atoms with Gasteiger partial charge < -0.3 is 9.84 Å². The molecule has 0 amide bonds. The maximum absolute atomic E-state index is 10.6. The van der Waals surface area contributed by atoms with E-state index in [-0.39, 0.29) is 0 Å². The fourth-order valence-electron chi connectivity index (χ4n) is 3.38. The fraction of sp³-hybridized carbons (Fsp3) is 0.640. The Hall–Kier alpha value is -1.29. The second kappa shape index (κ2) is 17.6. The second-order valence-corrected chi connectivity index (χ2v) is 8.66. The molecule has 0 aliphatic carbocycles. The number of ether oxygens (including phenoxy) is 1. The van der Waals surface area contributed by atoms with Gasteiger partial charge in [0.15, 0.2) is 0 Å². The van der Waals surface area contributed by atoms with E-state index in [1.54, 1.807) is 6.08 Å². The Kier molecular flexibility index (Phi) is 15.6. The molecule has 1 aromatic carbocycles. The number of carbonyl (C=O) groups is 1. The molecule has 0 atom stereocenters. The summed E-state index contributed by atoms with van der Waals surface area (Å²) in [6, 6.07) is 5.63. The summed E-state index contributed by atoms with van der Waals surface area (Å²) < 4.78 is 6.69. The van der Waals surface area contributed by atoms with Gasteiger partial charge in [0.25, 0.3) is 0 Å². The van der Waals surface area contributed by atoms with Crippen molar-refractivity contribution in [3.05, 3.63) is 34.3 Å². The molecule has 4 heteroatoms. The first-order chi connectivity index (χ1) is 14.1. The van der Waals surface area contributed by atoms with Gasteiger partial charge in [-0.1, -0.05) is 96.5 Å². The number of carboxylic acid groups (broad SMARTS) is 1. The van der Waals surface area contributed by atoms with Crippen LogP contribution in [0.3, 0.4) is 0 Å². The molecule has 0 aliphatic heterocycles. The molecule has 0 saturated carbocycles. The maximum atomic E-state index is 10.6. The third-order valence-electron chi connectivity index (χ3n) is 5.13. The van der Waals surface area contributed by atoms with Crippen LogP contribution in [0.5, 0.6) is 5.75 Å². The van der Waals surface area contributed by atoms with Gasteiger partial charge in [0.05, 0.1) is 11.1 Å². The van der Waals surface area contributed by atoms with Crippen LogP contribution < -0.4 is 4.74 Å². The minimum atomic E-state index is -0.945. The summed E-state index contributed by atoms with van der Waals surface area (Å²) in [6.07, 6.45) is 21.7. The van der Waals surface area contributed by atoms with Crippen LogP contribution in [0.15, 0.2) is 28.7 Å². The molecule has 164 valence electrons. The van der Waals surface area contributed by atoms with Gasteiger partial charge >= 0.3 is 5.97 Å². The lowest BCUT2D eigenvalue weighted by atomic mass is 10.0. The van der Waals surface area contributed by atoms with Gasteiger partial charge in [-0.25, -0.2) is 4.79 Å². The molecule has 0 unspecified atom stereocenters. The van der Waals surface area contributed by atoms with Crippen molar-refractivity contribution in [3.8, 4) is 5.75 Å². The zero-order valence-electron chi connectivity index (χ0n) is 18.1. The third-order valence-corrected chi connectivity index (χ3v) is 5.75. The van der Waals surface area contributed by atoms with Crippen LogP contribution in [0.25, 0.3) is 6.08 Å². The Balaban J connectivity index is 1.96. The van der Waals surface area contributed by atoms with Gasteiger partial charge in [-0.3, -0.25) is 0 Å². The molecule has 0 spiro atoms. The van der Waals surface area contributed by atoms with E-state index in [0.717, 1.165) is 34.9 Å². The van der Waals surface area contributed by atoms with E-state index in [1.165, 1.54) is 83.5 Å². The largest absolute Gasteiger partial charge is 0.492 e. The van der Waals surface area contributed by atoms with Crippen LogP contribution in [0.4, 0.5) is 0 Å². The molecular weight excluding hydrogens is 428 g/mol. The molecule has 1 N–H and O–H groups in total. The van der Waals surface area contributed by atoms with Crippen molar-refractivity contribution in [1.29, 1.82) is 0 Å². The van der Waals surface area contributed by atoms with Gasteiger partial charge in [0, 0.05) is 6.08 Å². The van der Waals surface area contributed by atoms with E-state index >= 15 is 0 Å².